The molecule has 1 fully saturated rings. The summed E-state index contributed by atoms with van der Waals surface area (Å²) in [4.78, 5) is 18.1. The number of amides is 1. The molecular formula is C19H23FN2O2. The number of likely N-dealkylation sites (tertiary alicyclic amines) is 1. The van der Waals surface area contributed by atoms with Gasteiger partial charge in [0.15, 0.2) is 5.89 Å². The number of rotatable bonds is 4. The van der Waals surface area contributed by atoms with Crippen LogP contribution in [-0.2, 0) is 16.6 Å². The summed E-state index contributed by atoms with van der Waals surface area (Å²) in [6.07, 6.45) is 4.30. The summed E-state index contributed by atoms with van der Waals surface area (Å²) in [7, 11) is 0. The molecule has 0 unspecified atom stereocenters. The van der Waals surface area contributed by atoms with Crippen LogP contribution >= 0.6 is 0 Å². The Hall–Kier alpha value is -2.17. The number of hydrogen-bond acceptors (Lipinski definition) is 3. The lowest BCUT2D eigenvalue weighted by atomic mass is 9.80. The van der Waals surface area contributed by atoms with Crippen LogP contribution in [0.2, 0.25) is 0 Å². The van der Waals surface area contributed by atoms with Crippen molar-refractivity contribution < 1.29 is 13.6 Å². The number of piperidine rings is 1. The molecule has 1 aliphatic heterocycles. The largest absolute Gasteiger partial charge is 0.445 e. The van der Waals surface area contributed by atoms with Gasteiger partial charge in [-0.2, -0.15) is 0 Å². The van der Waals surface area contributed by atoms with E-state index in [4.69, 9.17) is 4.42 Å². The summed E-state index contributed by atoms with van der Waals surface area (Å²) in [6, 6.07) is 6.71. The minimum atomic E-state index is -0.229. The van der Waals surface area contributed by atoms with Crippen molar-refractivity contribution in [1.29, 1.82) is 0 Å². The number of benzene rings is 1. The molecule has 1 aromatic heterocycles. The molecule has 4 nitrogen and oxygen atoms in total. The van der Waals surface area contributed by atoms with Crippen LogP contribution < -0.4 is 0 Å². The normalized spacial score (nSPS) is 17.0. The summed E-state index contributed by atoms with van der Waals surface area (Å²) in [6.45, 7) is 5.47. The maximum atomic E-state index is 13.8. The van der Waals surface area contributed by atoms with E-state index in [-0.39, 0.29) is 17.1 Å². The molecule has 2 heterocycles. The average Bonchev–Trinajstić information content (AvgIpc) is 3.06. The number of halogens is 1. The highest BCUT2D eigenvalue weighted by atomic mass is 19.1. The topological polar surface area (TPSA) is 46.3 Å². The van der Waals surface area contributed by atoms with Crippen LogP contribution in [0.4, 0.5) is 4.39 Å². The lowest BCUT2D eigenvalue weighted by molar-refractivity contribution is -0.132. The maximum Gasteiger partial charge on any atom is 0.222 e. The second-order valence-electron chi connectivity index (χ2n) is 6.69. The van der Waals surface area contributed by atoms with Gasteiger partial charge in [0, 0.05) is 31.3 Å². The van der Waals surface area contributed by atoms with E-state index in [1.807, 2.05) is 17.9 Å². The molecular weight excluding hydrogens is 307 g/mol. The monoisotopic (exact) mass is 330 g/mol. The summed E-state index contributed by atoms with van der Waals surface area (Å²) in [5.74, 6) is 1.33. The van der Waals surface area contributed by atoms with Crippen LogP contribution in [0.25, 0.3) is 0 Å². The first kappa shape index (κ1) is 16.7. The summed E-state index contributed by atoms with van der Waals surface area (Å²) in [5, 5.41) is 0. The van der Waals surface area contributed by atoms with E-state index in [0.717, 1.165) is 25.9 Å². The van der Waals surface area contributed by atoms with Crippen LogP contribution in [-0.4, -0.2) is 28.9 Å². The van der Waals surface area contributed by atoms with Crippen molar-refractivity contribution >= 4 is 5.91 Å². The molecule has 0 spiro atoms. The minimum absolute atomic E-state index is 0.169. The molecule has 0 N–H and O–H groups in total. The highest BCUT2D eigenvalue weighted by Crippen LogP contribution is 2.35. The third-order valence-electron chi connectivity index (χ3n) is 4.91. The van der Waals surface area contributed by atoms with Crippen molar-refractivity contribution in [3.05, 3.63) is 53.5 Å². The van der Waals surface area contributed by atoms with Crippen LogP contribution in [0.15, 0.2) is 34.9 Å². The predicted molar refractivity (Wildman–Crippen MR) is 89.2 cm³/mol. The molecule has 5 heteroatoms. The highest BCUT2D eigenvalue weighted by Gasteiger charge is 2.36. The van der Waals surface area contributed by atoms with Gasteiger partial charge in [-0.25, -0.2) is 9.37 Å². The van der Waals surface area contributed by atoms with Crippen molar-refractivity contribution in [1.82, 2.24) is 9.88 Å². The Balaban J connectivity index is 1.69. The Bertz CT molecular complexity index is 718. The molecule has 0 aliphatic carbocycles. The Kier molecular flexibility index (Phi) is 4.69. The van der Waals surface area contributed by atoms with Crippen molar-refractivity contribution in [2.45, 2.75) is 44.9 Å². The number of aromatic nitrogens is 1. The quantitative estimate of drug-likeness (QED) is 0.859. The van der Waals surface area contributed by atoms with E-state index in [2.05, 4.69) is 11.9 Å². The third kappa shape index (κ3) is 3.35. The van der Waals surface area contributed by atoms with E-state index in [1.54, 1.807) is 18.3 Å². The highest BCUT2D eigenvalue weighted by molar-refractivity contribution is 5.75. The predicted octanol–water partition coefficient (Wildman–Crippen LogP) is 3.69. The Morgan fingerprint density at radius 3 is 2.71 bits per heavy atom. The van der Waals surface area contributed by atoms with Gasteiger partial charge in [0.05, 0.1) is 6.20 Å². The fourth-order valence-corrected chi connectivity index (χ4v) is 3.18. The van der Waals surface area contributed by atoms with Crippen LogP contribution in [0.5, 0.6) is 0 Å². The second-order valence-corrected chi connectivity index (χ2v) is 6.69. The molecule has 0 bridgehead atoms. The van der Waals surface area contributed by atoms with Gasteiger partial charge in [0.1, 0.15) is 11.6 Å². The Morgan fingerprint density at radius 1 is 1.33 bits per heavy atom. The molecule has 1 aromatic carbocycles. The average molecular weight is 330 g/mol. The second kappa shape index (κ2) is 6.75. The lowest BCUT2D eigenvalue weighted by Gasteiger charge is -2.37. The van der Waals surface area contributed by atoms with Gasteiger partial charge in [-0.3, -0.25) is 4.79 Å². The Labute approximate surface area is 141 Å². The molecule has 128 valence electrons. The van der Waals surface area contributed by atoms with Crippen molar-refractivity contribution in [3.8, 4) is 0 Å². The number of carbonyl (C=O) groups excluding carboxylic acids is 1. The van der Waals surface area contributed by atoms with Gasteiger partial charge in [-0.1, -0.05) is 32.0 Å². The standard InChI is InChI=1S/C19H23FN2O2/c1-3-17(23)22-10-8-19(2,9-11-22)18-21-13-15(24-18)12-14-6-4-5-7-16(14)20/h4-7,13H,3,8-12H2,1-2H3. The molecule has 0 saturated carbocycles. The first-order valence-electron chi connectivity index (χ1n) is 8.48. The summed E-state index contributed by atoms with van der Waals surface area (Å²) in [5.41, 5.74) is 0.437. The van der Waals surface area contributed by atoms with Crippen molar-refractivity contribution in [2.75, 3.05) is 13.1 Å². The van der Waals surface area contributed by atoms with Crippen molar-refractivity contribution in [2.24, 2.45) is 0 Å². The SMILES string of the molecule is CCC(=O)N1CCC(C)(c2ncc(Cc3ccccc3F)o2)CC1. The molecule has 1 aliphatic rings. The number of carbonyl (C=O) groups is 1. The Morgan fingerprint density at radius 2 is 2.04 bits per heavy atom. The number of nitrogens with zero attached hydrogens (tertiary/aromatic N) is 2. The van der Waals surface area contributed by atoms with Gasteiger partial charge in [-0.05, 0) is 24.5 Å². The van der Waals surface area contributed by atoms with E-state index in [1.165, 1.54) is 6.07 Å². The molecule has 24 heavy (non-hydrogen) atoms. The van der Waals surface area contributed by atoms with Gasteiger partial charge in [0.25, 0.3) is 0 Å². The van der Waals surface area contributed by atoms with E-state index >= 15 is 0 Å². The minimum Gasteiger partial charge on any atom is -0.445 e. The zero-order valence-electron chi connectivity index (χ0n) is 14.2. The molecule has 3 rings (SSSR count). The molecule has 0 atom stereocenters. The smallest absolute Gasteiger partial charge is 0.222 e. The van der Waals surface area contributed by atoms with E-state index in [0.29, 0.717) is 30.1 Å². The number of oxazole rings is 1. The number of hydrogen-bond donors (Lipinski definition) is 0. The van der Waals surface area contributed by atoms with Gasteiger partial charge < -0.3 is 9.32 Å². The lowest BCUT2D eigenvalue weighted by Crippen LogP contribution is -2.43. The van der Waals surface area contributed by atoms with E-state index < -0.39 is 0 Å². The third-order valence-corrected chi connectivity index (χ3v) is 4.91. The molecule has 1 amide bonds. The van der Waals surface area contributed by atoms with E-state index in [9.17, 15) is 9.18 Å². The van der Waals surface area contributed by atoms with Crippen LogP contribution in [0.1, 0.15) is 50.3 Å². The first-order valence-corrected chi connectivity index (χ1v) is 8.48. The van der Waals surface area contributed by atoms with Gasteiger partial charge in [-0.15, -0.1) is 0 Å². The van der Waals surface area contributed by atoms with Gasteiger partial charge >= 0.3 is 0 Å². The fourth-order valence-electron chi connectivity index (χ4n) is 3.18. The molecule has 1 saturated heterocycles. The van der Waals surface area contributed by atoms with Gasteiger partial charge in [0.2, 0.25) is 5.91 Å². The molecule has 2 aromatic rings. The van der Waals surface area contributed by atoms with Crippen molar-refractivity contribution in [3.63, 3.8) is 0 Å². The zero-order chi connectivity index (χ0) is 17.2. The van der Waals surface area contributed by atoms with Crippen LogP contribution in [0.3, 0.4) is 0 Å². The van der Waals surface area contributed by atoms with Crippen LogP contribution in [0, 0.1) is 5.82 Å². The maximum absolute atomic E-state index is 13.8. The first-order chi connectivity index (χ1) is 11.5. The zero-order valence-corrected chi connectivity index (χ0v) is 14.2. The summed E-state index contributed by atoms with van der Waals surface area (Å²) < 4.78 is 19.7. The fraction of sp³-hybridized carbons (Fsp3) is 0.474. The molecule has 0 radical (unpaired) electrons. The summed E-state index contributed by atoms with van der Waals surface area (Å²) >= 11 is 0.